The van der Waals surface area contributed by atoms with Gasteiger partial charge in [-0.2, -0.15) is 11.8 Å². The van der Waals surface area contributed by atoms with Gasteiger partial charge in [0.05, 0.1) is 0 Å². The van der Waals surface area contributed by atoms with Crippen molar-refractivity contribution in [3.8, 4) is 0 Å². The number of rotatable bonds is 2. The molecule has 114 valence electrons. The van der Waals surface area contributed by atoms with Crippen molar-refractivity contribution < 1.29 is 4.79 Å². The van der Waals surface area contributed by atoms with E-state index < -0.39 is 0 Å². The molecule has 0 amide bonds. The van der Waals surface area contributed by atoms with Crippen molar-refractivity contribution in [3.63, 3.8) is 0 Å². The first-order valence-electron chi connectivity index (χ1n) is 8.40. The Morgan fingerprint density at radius 1 is 1.00 bits per heavy atom. The normalized spacial score (nSPS) is 27.8. The molecule has 2 unspecified atom stereocenters. The van der Waals surface area contributed by atoms with E-state index in [1.807, 2.05) is 6.07 Å². The van der Waals surface area contributed by atoms with Crippen LogP contribution in [-0.4, -0.2) is 16.3 Å². The molecular weight excluding hydrogens is 288 g/mol. The van der Waals surface area contributed by atoms with Gasteiger partial charge in [-0.25, -0.2) is 0 Å². The number of thioether (sulfide) groups is 1. The summed E-state index contributed by atoms with van der Waals surface area (Å²) in [4.78, 5) is 13.1. The number of aryl methyl sites for hydroxylation is 1. The minimum absolute atomic E-state index is 0.239. The van der Waals surface area contributed by atoms with Gasteiger partial charge in [-0.1, -0.05) is 42.8 Å². The molecule has 0 radical (unpaired) electrons. The smallest absolute Gasteiger partial charge is 0.166 e. The zero-order chi connectivity index (χ0) is 15.1. The molecule has 2 aliphatic rings. The number of hydrogen-bond acceptors (Lipinski definition) is 2. The Hall–Kier alpha value is -1.28. The van der Waals surface area contributed by atoms with Crippen molar-refractivity contribution in [1.29, 1.82) is 0 Å². The fraction of sp³-hybridized carbons (Fsp3) is 0.450. The lowest BCUT2D eigenvalue weighted by Crippen LogP contribution is -2.33. The highest BCUT2D eigenvalue weighted by Gasteiger charge is 2.36. The van der Waals surface area contributed by atoms with E-state index in [1.54, 1.807) is 0 Å². The van der Waals surface area contributed by atoms with Crippen LogP contribution in [0.5, 0.6) is 0 Å². The number of carbonyl (C=O) groups excluding carboxylic acids is 1. The molecule has 2 atom stereocenters. The van der Waals surface area contributed by atoms with Crippen molar-refractivity contribution in [1.82, 2.24) is 0 Å². The second-order valence-corrected chi connectivity index (χ2v) is 8.42. The van der Waals surface area contributed by atoms with Gasteiger partial charge < -0.3 is 0 Å². The van der Waals surface area contributed by atoms with Crippen molar-refractivity contribution in [2.45, 2.75) is 49.5 Å². The monoisotopic (exact) mass is 310 g/mol. The summed E-state index contributed by atoms with van der Waals surface area (Å²) in [5.74, 6) is 0.621. The molecule has 0 aliphatic carbocycles. The number of fused-ring (bicyclic) bond motifs is 3. The molecule has 2 heteroatoms. The highest BCUT2D eigenvalue weighted by Crippen LogP contribution is 2.45. The molecule has 0 aromatic heterocycles. The van der Waals surface area contributed by atoms with E-state index in [0.717, 1.165) is 34.3 Å². The lowest BCUT2D eigenvalue weighted by molar-refractivity contribution is 0.0898. The predicted octanol–water partition coefficient (Wildman–Crippen LogP) is 5.40. The Kier molecular flexibility index (Phi) is 3.73. The summed E-state index contributed by atoms with van der Waals surface area (Å²) in [6, 6.07) is 12.5. The standard InChI is InChI=1S/C20H22OS/c1-13-9-10-19(18-8-3-2-7-17(13)18)20(21)14-11-15-5-4-6-16(12-14)22-15/h2-3,7-10,14-16H,4-6,11-12H2,1H3. The van der Waals surface area contributed by atoms with Gasteiger partial charge in [0.2, 0.25) is 0 Å². The van der Waals surface area contributed by atoms with Crippen LogP contribution in [-0.2, 0) is 0 Å². The molecular formula is C20H22OS. The lowest BCUT2D eigenvalue weighted by atomic mass is 9.83. The maximum absolute atomic E-state index is 13.1. The maximum Gasteiger partial charge on any atom is 0.166 e. The summed E-state index contributed by atoms with van der Waals surface area (Å²) in [6.07, 6.45) is 6.14. The number of ketones is 1. The first-order chi connectivity index (χ1) is 10.7. The summed E-state index contributed by atoms with van der Waals surface area (Å²) >= 11 is 2.14. The first-order valence-corrected chi connectivity index (χ1v) is 9.34. The first kappa shape index (κ1) is 14.3. The van der Waals surface area contributed by atoms with E-state index in [-0.39, 0.29) is 5.92 Å². The molecule has 2 heterocycles. The van der Waals surface area contributed by atoms with E-state index in [1.165, 1.54) is 30.2 Å². The van der Waals surface area contributed by atoms with E-state index in [2.05, 4.69) is 49.0 Å². The second-order valence-electron chi connectivity index (χ2n) is 6.82. The van der Waals surface area contributed by atoms with Crippen LogP contribution in [0.1, 0.15) is 48.0 Å². The minimum Gasteiger partial charge on any atom is -0.294 e. The van der Waals surface area contributed by atoms with Crippen LogP contribution in [0.4, 0.5) is 0 Å². The number of benzene rings is 2. The summed E-state index contributed by atoms with van der Waals surface area (Å²) < 4.78 is 0. The SMILES string of the molecule is Cc1ccc(C(=O)C2CC3CCCC(C2)S3)c2ccccc12. The number of Topliss-reactive ketones (excluding diaryl/α,β-unsaturated/α-hetero) is 1. The molecule has 4 rings (SSSR count). The number of hydrogen-bond donors (Lipinski definition) is 0. The molecule has 22 heavy (non-hydrogen) atoms. The Morgan fingerprint density at radius 2 is 1.68 bits per heavy atom. The van der Waals surface area contributed by atoms with Gasteiger partial charge in [0.25, 0.3) is 0 Å². The quantitative estimate of drug-likeness (QED) is 0.691. The fourth-order valence-electron chi connectivity index (χ4n) is 4.16. The fourth-order valence-corrected chi connectivity index (χ4v) is 5.99. The Labute approximate surface area is 136 Å². The van der Waals surface area contributed by atoms with Crippen LogP contribution in [0.3, 0.4) is 0 Å². The minimum atomic E-state index is 0.239. The molecule has 2 aliphatic heterocycles. The van der Waals surface area contributed by atoms with Gasteiger partial charge in [0.15, 0.2) is 5.78 Å². The van der Waals surface area contributed by atoms with E-state index in [4.69, 9.17) is 0 Å². The van der Waals surface area contributed by atoms with Gasteiger partial charge in [0.1, 0.15) is 0 Å². The van der Waals surface area contributed by atoms with E-state index >= 15 is 0 Å². The van der Waals surface area contributed by atoms with Crippen molar-refractivity contribution in [2.24, 2.45) is 5.92 Å². The maximum atomic E-state index is 13.1. The molecule has 0 saturated carbocycles. The highest BCUT2D eigenvalue weighted by molar-refractivity contribution is 8.00. The zero-order valence-electron chi connectivity index (χ0n) is 13.0. The van der Waals surface area contributed by atoms with Crippen LogP contribution in [0, 0.1) is 12.8 Å². The van der Waals surface area contributed by atoms with Crippen LogP contribution in [0.2, 0.25) is 0 Å². The molecule has 0 spiro atoms. The molecule has 0 N–H and O–H groups in total. The Morgan fingerprint density at radius 3 is 2.41 bits per heavy atom. The average Bonchev–Trinajstić information content (AvgIpc) is 2.54. The third-order valence-electron chi connectivity index (χ3n) is 5.31. The summed E-state index contributed by atoms with van der Waals surface area (Å²) in [7, 11) is 0. The van der Waals surface area contributed by atoms with Gasteiger partial charge in [-0.15, -0.1) is 0 Å². The van der Waals surface area contributed by atoms with Gasteiger partial charge in [-0.05, 0) is 48.9 Å². The van der Waals surface area contributed by atoms with Crippen LogP contribution in [0.15, 0.2) is 36.4 Å². The Bertz CT molecular complexity index is 709. The van der Waals surface area contributed by atoms with Crippen LogP contribution >= 0.6 is 11.8 Å². The third kappa shape index (κ3) is 2.48. The average molecular weight is 310 g/mol. The van der Waals surface area contributed by atoms with Gasteiger partial charge >= 0.3 is 0 Å². The molecule has 2 saturated heterocycles. The predicted molar refractivity (Wildman–Crippen MR) is 94.8 cm³/mol. The lowest BCUT2D eigenvalue weighted by Gasteiger charge is -2.38. The third-order valence-corrected chi connectivity index (χ3v) is 6.94. The van der Waals surface area contributed by atoms with Crippen LogP contribution in [0.25, 0.3) is 10.8 Å². The molecule has 2 aromatic rings. The highest BCUT2D eigenvalue weighted by atomic mass is 32.2. The summed E-state index contributed by atoms with van der Waals surface area (Å²) in [5, 5.41) is 3.80. The molecule has 2 fully saturated rings. The van der Waals surface area contributed by atoms with Gasteiger partial charge in [-0.3, -0.25) is 4.79 Å². The van der Waals surface area contributed by atoms with Gasteiger partial charge in [0, 0.05) is 22.0 Å². The summed E-state index contributed by atoms with van der Waals surface area (Å²) in [5.41, 5.74) is 2.19. The van der Waals surface area contributed by atoms with E-state index in [9.17, 15) is 4.79 Å². The summed E-state index contributed by atoms with van der Waals surface area (Å²) in [6.45, 7) is 2.12. The topological polar surface area (TPSA) is 17.1 Å². The van der Waals surface area contributed by atoms with Crippen LogP contribution < -0.4 is 0 Å². The molecule has 2 aromatic carbocycles. The zero-order valence-corrected chi connectivity index (χ0v) is 13.9. The largest absolute Gasteiger partial charge is 0.294 e. The molecule has 1 nitrogen and oxygen atoms in total. The van der Waals surface area contributed by atoms with Crippen molar-refractivity contribution >= 4 is 28.3 Å². The number of carbonyl (C=O) groups is 1. The van der Waals surface area contributed by atoms with Crippen molar-refractivity contribution in [2.75, 3.05) is 0 Å². The molecule has 2 bridgehead atoms. The Balaban J connectivity index is 1.70. The van der Waals surface area contributed by atoms with Crippen molar-refractivity contribution in [3.05, 3.63) is 47.5 Å². The second kappa shape index (κ2) is 5.73. The van der Waals surface area contributed by atoms with E-state index in [0.29, 0.717) is 5.78 Å².